The van der Waals surface area contributed by atoms with Gasteiger partial charge in [0, 0.05) is 55.0 Å². The molecule has 0 atom stereocenters. The van der Waals surface area contributed by atoms with Crippen LogP contribution in [0.1, 0.15) is 23.2 Å². The topological polar surface area (TPSA) is 102 Å². The zero-order valence-electron chi connectivity index (χ0n) is 19.3. The van der Waals surface area contributed by atoms with Crippen molar-refractivity contribution in [1.29, 1.82) is 0 Å². The van der Waals surface area contributed by atoms with E-state index in [4.69, 9.17) is 0 Å². The predicted octanol–water partition coefficient (Wildman–Crippen LogP) is 4.85. The molecule has 3 heterocycles. The maximum Gasteiger partial charge on any atom is 0.319 e. The molecule has 3 amide bonds. The highest BCUT2D eigenvalue weighted by molar-refractivity contribution is 6.08. The molecule has 4 aromatic rings. The van der Waals surface area contributed by atoms with Crippen LogP contribution in [-0.4, -0.2) is 41.5 Å². The number of fused-ring (bicyclic) bond motifs is 1. The van der Waals surface area contributed by atoms with Gasteiger partial charge in [-0.05, 0) is 66.6 Å². The molecular weight excluding hydrogens is 440 g/mol. The first-order valence-corrected chi connectivity index (χ1v) is 11.8. The number of nitrogens with zero attached hydrogens (tertiary/aromatic N) is 2. The number of rotatable bonds is 6. The van der Waals surface area contributed by atoms with E-state index in [-0.39, 0.29) is 11.9 Å². The second kappa shape index (κ2) is 10.3. The van der Waals surface area contributed by atoms with Gasteiger partial charge in [0.05, 0.1) is 11.4 Å². The predicted molar refractivity (Wildman–Crippen MR) is 139 cm³/mol. The number of pyridine rings is 1. The van der Waals surface area contributed by atoms with Gasteiger partial charge in [0.15, 0.2) is 0 Å². The first-order chi connectivity index (χ1) is 17.2. The van der Waals surface area contributed by atoms with Crippen LogP contribution in [-0.2, 0) is 0 Å². The summed E-state index contributed by atoms with van der Waals surface area (Å²) >= 11 is 0. The Labute approximate surface area is 203 Å². The summed E-state index contributed by atoms with van der Waals surface area (Å²) in [6, 6.07) is 18.4. The van der Waals surface area contributed by atoms with Crippen LogP contribution in [0.4, 0.5) is 21.9 Å². The molecule has 35 heavy (non-hydrogen) atoms. The fourth-order valence-corrected chi connectivity index (χ4v) is 4.44. The number of para-hydroxylation sites is 2. The van der Waals surface area contributed by atoms with Crippen molar-refractivity contribution in [3.05, 3.63) is 84.8 Å². The normalized spacial score (nSPS) is 14.0. The summed E-state index contributed by atoms with van der Waals surface area (Å²) in [4.78, 5) is 35.0. The molecular formula is C27H28N6O2. The van der Waals surface area contributed by atoms with Crippen LogP contribution in [0.5, 0.6) is 0 Å². The van der Waals surface area contributed by atoms with Gasteiger partial charge in [-0.25, -0.2) is 4.79 Å². The van der Waals surface area contributed by atoms with Crippen LogP contribution in [0.3, 0.4) is 0 Å². The third kappa shape index (κ3) is 5.43. The molecule has 4 N–H and O–H groups in total. The van der Waals surface area contributed by atoms with E-state index in [0.29, 0.717) is 29.4 Å². The smallest absolute Gasteiger partial charge is 0.319 e. The number of amides is 3. The van der Waals surface area contributed by atoms with E-state index >= 15 is 0 Å². The van der Waals surface area contributed by atoms with Crippen LogP contribution < -0.4 is 20.9 Å². The Kier molecular flexibility index (Phi) is 6.61. The van der Waals surface area contributed by atoms with Crippen molar-refractivity contribution in [3.8, 4) is 0 Å². The van der Waals surface area contributed by atoms with Crippen molar-refractivity contribution in [2.75, 3.05) is 35.2 Å². The molecule has 2 aromatic heterocycles. The van der Waals surface area contributed by atoms with Gasteiger partial charge in [0.25, 0.3) is 5.91 Å². The number of anilines is 3. The van der Waals surface area contributed by atoms with Crippen molar-refractivity contribution >= 4 is 39.9 Å². The largest absolute Gasteiger partial charge is 0.371 e. The Balaban J connectivity index is 1.14. The molecule has 2 aromatic carbocycles. The summed E-state index contributed by atoms with van der Waals surface area (Å²) in [6.45, 7) is 2.53. The first kappa shape index (κ1) is 22.5. The molecule has 0 bridgehead atoms. The second-order valence-corrected chi connectivity index (χ2v) is 8.75. The van der Waals surface area contributed by atoms with Crippen molar-refractivity contribution in [3.63, 3.8) is 0 Å². The number of piperidine rings is 1. The molecule has 0 unspecified atom stereocenters. The summed E-state index contributed by atoms with van der Waals surface area (Å²) < 4.78 is 0. The molecule has 1 aliphatic rings. The molecule has 178 valence electrons. The maximum absolute atomic E-state index is 12.8. The molecule has 8 nitrogen and oxygen atoms in total. The Morgan fingerprint density at radius 2 is 1.69 bits per heavy atom. The zero-order chi connectivity index (χ0) is 24.0. The van der Waals surface area contributed by atoms with Gasteiger partial charge in [-0.3, -0.25) is 9.78 Å². The van der Waals surface area contributed by atoms with Crippen LogP contribution in [0, 0.1) is 5.92 Å². The number of urea groups is 1. The molecule has 1 fully saturated rings. The van der Waals surface area contributed by atoms with Gasteiger partial charge >= 0.3 is 6.03 Å². The highest BCUT2D eigenvalue weighted by Crippen LogP contribution is 2.24. The van der Waals surface area contributed by atoms with E-state index in [0.717, 1.165) is 36.8 Å². The lowest BCUT2D eigenvalue weighted by molar-refractivity contribution is 0.102. The van der Waals surface area contributed by atoms with E-state index in [1.165, 1.54) is 5.69 Å². The number of aromatic nitrogens is 2. The summed E-state index contributed by atoms with van der Waals surface area (Å²) in [5, 5.41) is 9.82. The number of carbonyl (C=O) groups is 2. The standard InChI is InChI=1S/C27H28N6O2/c34-26(21-6-5-20-7-14-29-25(20)17-21)31-23-3-1-2-4-24(23)32-27(35)30-18-19-10-15-33(16-11-19)22-8-12-28-13-9-22/h1-9,12-14,17,19,29H,10-11,15-16,18H2,(H,31,34)(H2,30,32,35). The summed E-state index contributed by atoms with van der Waals surface area (Å²) in [5.41, 5.74) is 3.72. The fourth-order valence-electron chi connectivity index (χ4n) is 4.44. The lowest BCUT2D eigenvalue weighted by Crippen LogP contribution is -2.39. The van der Waals surface area contributed by atoms with Crippen LogP contribution in [0.25, 0.3) is 10.9 Å². The van der Waals surface area contributed by atoms with Gasteiger partial charge in [-0.15, -0.1) is 0 Å². The van der Waals surface area contributed by atoms with E-state index in [1.54, 1.807) is 18.2 Å². The van der Waals surface area contributed by atoms with Crippen molar-refractivity contribution < 1.29 is 9.59 Å². The van der Waals surface area contributed by atoms with E-state index in [9.17, 15) is 9.59 Å². The lowest BCUT2D eigenvalue weighted by atomic mass is 9.96. The van der Waals surface area contributed by atoms with Gasteiger partial charge in [0.2, 0.25) is 0 Å². The number of nitrogens with one attached hydrogen (secondary N) is 4. The number of carbonyl (C=O) groups excluding carboxylic acids is 2. The van der Waals surface area contributed by atoms with Gasteiger partial charge in [-0.1, -0.05) is 18.2 Å². The number of aromatic amines is 1. The van der Waals surface area contributed by atoms with E-state index in [1.807, 2.05) is 61.1 Å². The molecule has 0 radical (unpaired) electrons. The van der Waals surface area contributed by atoms with Crippen molar-refractivity contribution in [1.82, 2.24) is 15.3 Å². The number of benzene rings is 2. The average Bonchev–Trinajstić information content (AvgIpc) is 3.37. The molecule has 0 spiro atoms. The Morgan fingerprint density at radius 3 is 2.46 bits per heavy atom. The number of hydrogen-bond acceptors (Lipinski definition) is 4. The fraction of sp³-hybridized carbons (Fsp3) is 0.222. The Morgan fingerprint density at radius 1 is 0.943 bits per heavy atom. The maximum atomic E-state index is 12.8. The molecule has 1 saturated heterocycles. The van der Waals surface area contributed by atoms with Crippen LogP contribution in [0.15, 0.2) is 79.3 Å². The summed E-state index contributed by atoms with van der Waals surface area (Å²) in [5.74, 6) is 0.189. The van der Waals surface area contributed by atoms with Crippen molar-refractivity contribution in [2.24, 2.45) is 5.92 Å². The Hall–Kier alpha value is -4.33. The quantitative estimate of drug-likeness (QED) is 0.325. The van der Waals surface area contributed by atoms with Gasteiger partial charge < -0.3 is 25.8 Å². The zero-order valence-corrected chi connectivity index (χ0v) is 19.3. The SMILES string of the molecule is O=C(NCC1CCN(c2ccncc2)CC1)Nc1ccccc1NC(=O)c1ccc2cc[nH]c2c1. The van der Waals surface area contributed by atoms with E-state index < -0.39 is 0 Å². The number of H-pyrrole nitrogens is 1. The molecule has 0 aliphatic carbocycles. The summed E-state index contributed by atoms with van der Waals surface area (Å²) in [6.07, 6.45) is 7.50. The summed E-state index contributed by atoms with van der Waals surface area (Å²) in [7, 11) is 0. The van der Waals surface area contributed by atoms with Crippen molar-refractivity contribution in [2.45, 2.75) is 12.8 Å². The monoisotopic (exact) mass is 468 g/mol. The minimum atomic E-state index is -0.281. The molecule has 1 aliphatic heterocycles. The molecule has 0 saturated carbocycles. The number of hydrogen-bond donors (Lipinski definition) is 4. The highest BCUT2D eigenvalue weighted by atomic mass is 16.2. The van der Waals surface area contributed by atoms with Gasteiger partial charge in [-0.2, -0.15) is 0 Å². The lowest BCUT2D eigenvalue weighted by Gasteiger charge is -2.33. The molecule has 8 heteroatoms. The third-order valence-corrected chi connectivity index (χ3v) is 6.43. The van der Waals surface area contributed by atoms with Gasteiger partial charge in [0.1, 0.15) is 0 Å². The first-order valence-electron chi connectivity index (χ1n) is 11.8. The van der Waals surface area contributed by atoms with Crippen LogP contribution in [0.2, 0.25) is 0 Å². The average molecular weight is 469 g/mol. The Bertz CT molecular complexity index is 1310. The van der Waals surface area contributed by atoms with E-state index in [2.05, 4.69) is 30.8 Å². The second-order valence-electron chi connectivity index (χ2n) is 8.75. The molecule has 5 rings (SSSR count). The van der Waals surface area contributed by atoms with Crippen LogP contribution >= 0.6 is 0 Å². The third-order valence-electron chi connectivity index (χ3n) is 6.43. The minimum absolute atomic E-state index is 0.239. The minimum Gasteiger partial charge on any atom is -0.371 e. The highest BCUT2D eigenvalue weighted by Gasteiger charge is 2.20.